The van der Waals surface area contributed by atoms with Crippen molar-refractivity contribution >= 4 is 27.3 Å². The molecule has 0 aliphatic carbocycles. The summed E-state index contributed by atoms with van der Waals surface area (Å²) >= 11 is 0. The molecule has 1 unspecified atom stereocenters. The topological polar surface area (TPSA) is 117 Å². The number of hydrogen-bond acceptors (Lipinski definition) is 6. The minimum absolute atomic E-state index is 0.178. The molecule has 0 bridgehead atoms. The number of carbonyl (C=O) groups excluding carboxylic acids is 1. The molecule has 1 aromatic rings. The molecule has 25 heavy (non-hydrogen) atoms. The zero-order chi connectivity index (χ0) is 18.8. The van der Waals surface area contributed by atoms with Gasteiger partial charge in [-0.1, -0.05) is 6.92 Å². The number of hydrogen-bond donors (Lipinski definition) is 4. The maximum Gasteiger partial charge on any atom is 0.229 e. The summed E-state index contributed by atoms with van der Waals surface area (Å²) in [6.07, 6.45) is 1.95. The monoisotopic (exact) mass is 371 g/mol. The van der Waals surface area contributed by atoms with E-state index in [2.05, 4.69) is 15.4 Å². The number of sulfonamides is 1. The number of ether oxygens (including phenoxy) is 1. The van der Waals surface area contributed by atoms with E-state index in [0.717, 1.165) is 11.8 Å². The Bertz CT molecular complexity index is 756. The second-order valence-corrected chi connectivity index (χ2v) is 8.35. The fourth-order valence-electron chi connectivity index (χ4n) is 2.62. The third kappa shape index (κ3) is 5.58. The average molecular weight is 371 g/mol. The van der Waals surface area contributed by atoms with Gasteiger partial charge in [0.25, 0.3) is 0 Å². The SMILES string of the molecule is CCC(NC(C)(C)O)Oc1ccc(NS(C)(=O)=O)c2c1CCC(=O)N2. The molecule has 0 aromatic heterocycles. The average Bonchev–Trinajstić information content (AvgIpc) is 2.46. The van der Waals surface area contributed by atoms with Crippen LogP contribution in [-0.4, -0.2) is 37.6 Å². The highest BCUT2D eigenvalue weighted by Crippen LogP contribution is 2.38. The minimum Gasteiger partial charge on any atom is -0.475 e. The molecule has 2 rings (SSSR count). The Balaban J connectivity index is 2.37. The fourth-order valence-corrected chi connectivity index (χ4v) is 3.19. The fraction of sp³-hybridized carbons (Fsp3) is 0.562. The highest BCUT2D eigenvalue weighted by molar-refractivity contribution is 7.92. The molecule has 1 heterocycles. The summed E-state index contributed by atoms with van der Waals surface area (Å²) in [6.45, 7) is 5.15. The Morgan fingerprint density at radius 2 is 2.04 bits per heavy atom. The molecule has 0 fully saturated rings. The van der Waals surface area contributed by atoms with E-state index in [-0.39, 0.29) is 5.91 Å². The third-order valence-electron chi connectivity index (χ3n) is 3.59. The molecule has 1 amide bonds. The number of fused-ring (bicyclic) bond motifs is 1. The lowest BCUT2D eigenvalue weighted by Crippen LogP contribution is -2.48. The van der Waals surface area contributed by atoms with E-state index >= 15 is 0 Å². The molecule has 0 saturated heterocycles. The van der Waals surface area contributed by atoms with E-state index in [1.165, 1.54) is 0 Å². The van der Waals surface area contributed by atoms with Crippen molar-refractivity contribution in [3.63, 3.8) is 0 Å². The van der Waals surface area contributed by atoms with Gasteiger partial charge >= 0.3 is 0 Å². The van der Waals surface area contributed by atoms with Gasteiger partial charge in [0.2, 0.25) is 15.9 Å². The standard InChI is InChI=1S/C16H25N3O5S/c1-5-14(18-16(2,3)21)24-12-8-7-11(19-25(4,22)23)15-10(12)6-9-13(20)17-15/h7-8,14,18-19,21H,5-6,9H2,1-4H3,(H,17,20). The van der Waals surface area contributed by atoms with Gasteiger partial charge in [-0.05, 0) is 38.8 Å². The Labute approximate surface area is 148 Å². The summed E-state index contributed by atoms with van der Waals surface area (Å²) in [6, 6.07) is 3.22. The normalized spacial score (nSPS) is 16.0. The maximum absolute atomic E-state index is 11.7. The first-order chi connectivity index (χ1) is 11.5. The number of nitrogens with one attached hydrogen (secondary N) is 3. The first-order valence-corrected chi connectivity index (χ1v) is 9.98. The van der Waals surface area contributed by atoms with Crippen molar-refractivity contribution in [2.45, 2.75) is 52.0 Å². The summed E-state index contributed by atoms with van der Waals surface area (Å²) in [4.78, 5) is 11.7. The van der Waals surface area contributed by atoms with Crippen LogP contribution in [0.15, 0.2) is 12.1 Å². The maximum atomic E-state index is 11.7. The van der Waals surface area contributed by atoms with Crippen LogP contribution in [0.25, 0.3) is 0 Å². The van der Waals surface area contributed by atoms with Crippen LogP contribution in [-0.2, 0) is 21.2 Å². The van der Waals surface area contributed by atoms with Gasteiger partial charge in [0, 0.05) is 12.0 Å². The number of rotatable bonds is 7. The Morgan fingerprint density at radius 1 is 1.36 bits per heavy atom. The predicted molar refractivity (Wildman–Crippen MR) is 96.0 cm³/mol. The van der Waals surface area contributed by atoms with Crippen molar-refractivity contribution in [3.05, 3.63) is 17.7 Å². The minimum atomic E-state index is -3.48. The van der Waals surface area contributed by atoms with Crippen molar-refractivity contribution in [2.75, 3.05) is 16.3 Å². The van der Waals surface area contributed by atoms with Crippen LogP contribution in [0.2, 0.25) is 0 Å². The Kier molecular flexibility index (Phi) is 5.60. The van der Waals surface area contributed by atoms with Crippen molar-refractivity contribution in [1.29, 1.82) is 0 Å². The van der Waals surface area contributed by atoms with Crippen molar-refractivity contribution in [3.8, 4) is 5.75 Å². The molecule has 1 aliphatic rings. The van der Waals surface area contributed by atoms with Crippen molar-refractivity contribution in [2.24, 2.45) is 0 Å². The molecule has 4 N–H and O–H groups in total. The quantitative estimate of drug-likeness (QED) is 0.538. The molecular weight excluding hydrogens is 346 g/mol. The zero-order valence-electron chi connectivity index (χ0n) is 14.8. The highest BCUT2D eigenvalue weighted by Gasteiger charge is 2.25. The molecule has 140 valence electrons. The molecule has 0 radical (unpaired) electrons. The molecule has 9 heteroatoms. The summed E-state index contributed by atoms with van der Waals surface area (Å²) in [5, 5.41) is 15.6. The van der Waals surface area contributed by atoms with E-state index in [9.17, 15) is 18.3 Å². The van der Waals surface area contributed by atoms with E-state index in [4.69, 9.17) is 4.74 Å². The predicted octanol–water partition coefficient (Wildman–Crippen LogP) is 1.38. The summed E-state index contributed by atoms with van der Waals surface area (Å²) in [5.74, 6) is 0.362. The van der Waals surface area contributed by atoms with Crippen molar-refractivity contribution in [1.82, 2.24) is 5.32 Å². The van der Waals surface area contributed by atoms with Gasteiger partial charge in [-0.3, -0.25) is 14.8 Å². The first kappa shape index (κ1) is 19.5. The second-order valence-electron chi connectivity index (χ2n) is 6.61. The van der Waals surface area contributed by atoms with E-state index in [1.807, 2.05) is 6.92 Å². The lowest BCUT2D eigenvalue weighted by Gasteiger charge is -2.29. The smallest absolute Gasteiger partial charge is 0.229 e. The van der Waals surface area contributed by atoms with E-state index in [1.54, 1.807) is 26.0 Å². The van der Waals surface area contributed by atoms with Crippen LogP contribution in [0.4, 0.5) is 11.4 Å². The van der Waals surface area contributed by atoms with Gasteiger partial charge in [0.1, 0.15) is 11.5 Å². The second kappa shape index (κ2) is 7.19. The van der Waals surface area contributed by atoms with Gasteiger partial charge in [-0.15, -0.1) is 0 Å². The first-order valence-electron chi connectivity index (χ1n) is 8.09. The van der Waals surface area contributed by atoms with Crippen LogP contribution < -0.4 is 20.1 Å². The largest absolute Gasteiger partial charge is 0.475 e. The molecule has 0 saturated carbocycles. The Hall–Kier alpha value is -1.84. The van der Waals surface area contributed by atoms with Crippen molar-refractivity contribution < 1.29 is 23.1 Å². The van der Waals surface area contributed by atoms with Gasteiger partial charge in [0.05, 0.1) is 17.6 Å². The van der Waals surface area contributed by atoms with Crippen LogP contribution >= 0.6 is 0 Å². The Morgan fingerprint density at radius 3 is 2.60 bits per heavy atom. The number of aliphatic hydroxyl groups is 1. The molecule has 1 aliphatic heterocycles. The van der Waals surface area contributed by atoms with Gasteiger partial charge in [-0.25, -0.2) is 8.42 Å². The van der Waals surface area contributed by atoms with Crippen LogP contribution in [0.3, 0.4) is 0 Å². The zero-order valence-corrected chi connectivity index (χ0v) is 15.7. The summed E-state index contributed by atoms with van der Waals surface area (Å²) < 4.78 is 31.4. The molecular formula is C16H25N3O5S. The van der Waals surface area contributed by atoms with Crippen LogP contribution in [0, 0.1) is 0 Å². The lowest BCUT2D eigenvalue weighted by molar-refractivity contribution is -0.116. The van der Waals surface area contributed by atoms with Gasteiger partial charge in [-0.2, -0.15) is 0 Å². The van der Waals surface area contributed by atoms with Crippen LogP contribution in [0.5, 0.6) is 5.75 Å². The number of anilines is 2. The van der Waals surface area contributed by atoms with Gasteiger partial charge < -0.3 is 15.2 Å². The molecule has 1 aromatic carbocycles. The lowest BCUT2D eigenvalue weighted by atomic mass is 10.0. The van der Waals surface area contributed by atoms with Crippen LogP contribution in [0.1, 0.15) is 39.2 Å². The van der Waals surface area contributed by atoms with Gasteiger partial charge in [0.15, 0.2) is 6.23 Å². The molecule has 0 spiro atoms. The van der Waals surface area contributed by atoms with E-state index < -0.39 is 22.0 Å². The summed E-state index contributed by atoms with van der Waals surface area (Å²) in [5.41, 5.74) is 0.343. The van der Waals surface area contributed by atoms with E-state index in [0.29, 0.717) is 36.4 Å². The highest BCUT2D eigenvalue weighted by atomic mass is 32.2. The number of carbonyl (C=O) groups is 1. The number of benzene rings is 1. The molecule has 8 nitrogen and oxygen atoms in total. The molecule has 1 atom stereocenters. The number of amides is 1. The third-order valence-corrected chi connectivity index (χ3v) is 4.18. The summed E-state index contributed by atoms with van der Waals surface area (Å²) in [7, 11) is -3.48.